The number of carbonyl (C=O) groups excluding carboxylic acids is 1. The lowest BCUT2D eigenvalue weighted by Gasteiger charge is -2.26. The number of hydrogen-bond acceptors (Lipinski definition) is 4. The highest BCUT2D eigenvalue weighted by Crippen LogP contribution is 2.02. The van der Waals surface area contributed by atoms with Crippen LogP contribution in [0.4, 0.5) is 5.82 Å². The molecule has 6 heteroatoms. The minimum Gasteiger partial charge on any atom is -0.382 e. The van der Waals surface area contributed by atoms with Gasteiger partial charge in [0.15, 0.2) is 0 Å². The minimum atomic E-state index is 0.0752. The van der Waals surface area contributed by atoms with E-state index in [0.717, 1.165) is 19.5 Å². The normalized spacial score (nSPS) is 16.8. The van der Waals surface area contributed by atoms with Crippen LogP contribution in [0, 0.1) is 0 Å². The second-order valence-electron chi connectivity index (χ2n) is 3.79. The molecular formula is C10H16N4O2. The lowest BCUT2D eigenvalue weighted by Crippen LogP contribution is -2.42. The molecule has 2 rings (SSSR count). The molecule has 0 radical (unpaired) electrons. The van der Waals surface area contributed by atoms with Gasteiger partial charge in [0.1, 0.15) is 12.4 Å². The van der Waals surface area contributed by atoms with Crippen LogP contribution in [0.15, 0.2) is 12.3 Å². The highest BCUT2D eigenvalue weighted by molar-refractivity contribution is 5.77. The predicted octanol–water partition coefficient (Wildman–Crippen LogP) is -0.286. The number of nitrogen functional groups attached to an aromatic ring is 1. The summed E-state index contributed by atoms with van der Waals surface area (Å²) in [6.07, 6.45) is 2.73. The number of anilines is 1. The van der Waals surface area contributed by atoms with E-state index in [0.29, 0.717) is 19.0 Å². The van der Waals surface area contributed by atoms with Crippen LogP contribution in [0.25, 0.3) is 0 Å². The van der Waals surface area contributed by atoms with Crippen molar-refractivity contribution < 1.29 is 9.53 Å². The largest absolute Gasteiger partial charge is 0.382 e. The first-order valence-corrected chi connectivity index (χ1v) is 5.40. The Morgan fingerprint density at radius 3 is 3.06 bits per heavy atom. The van der Waals surface area contributed by atoms with Crippen molar-refractivity contribution in [2.45, 2.75) is 13.0 Å². The number of aryl methyl sites for hydroxylation is 1. The molecule has 0 unspecified atom stereocenters. The maximum Gasteiger partial charge on any atom is 0.248 e. The van der Waals surface area contributed by atoms with Gasteiger partial charge in [-0.05, 0) is 12.5 Å². The average Bonchev–Trinajstić information content (AvgIpc) is 2.67. The second-order valence-corrected chi connectivity index (χ2v) is 3.79. The van der Waals surface area contributed by atoms with Gasteiger partial charge in [0, 0.05) is 25.8 Å². The summed E-state index contributed by atoms with van der Waals surface area (Å²) >= 11 is 0. The summed E-state index contributed by atoms with van der Waals surface area (Å²) in [6.45, 7) is 3.08. The van der Waals surface area contributed by atoms with Crippen molar-refractivity contribution in [1.29, 1.82) is 0 Å². The topological polar surface area (TPSA) is 73.4 Å². The SMILES string of the molecule is Nc1ccn(CCCN2CCOCC2=O)n1. The van der Waals surface area contributed by atoms with E-state index in [9.17, 15) is 4.79 Å². The van der Waals surface area contributed by atoms with Crippen molar-refractivity contribution in [3.63, 3.8) is 0 Å². The molecule has 1 aromatic heterocycles. The Morgan fingerprint density at radius 1 is 1.50 bits per heavy atom. The first-order valence-electron chi connectivity index (χ1n) is 5.40. The van der Waals surface area contributed by atoms with E-state index in [1.54, 1.807) is 10.7 Å². The summed E-state index contributed by atoms with van der Waals surface area (Å²) in [7, 11) is 0. The molecule has 16 heavy (non-hydrogen) atoms. The molecule has 0 aliphatic carbocycles. The van der Waals surface area contributed by atoms with Crippen molar-refractivity contribution in [3.05, 3.63) is 12.3 Å². The fourth-order valence-electron chi connectivity index (χ4n) is 1.71. The number of hydrogen-bond donors (Lipinski definition) is 1. The Bertz CT molecular complexity index is 363. The molecule has 1 amide bonds. The third-order valence-electron chi connectivity index (χ3n) is 2.56. The van der Waals surface area contributed by atoms with Crippen LogP contribution in [0.1, 0.15) is 6.42 Å². The van der Waals surface area contributed by atoms with E-state index in [4.69, 9.17) is 10.5 Å². The standard InChI is InChI=1S/C10H16N4O2/c11-9-2-5-14(12-9)4-1-3-13-6-7-16-8-10(13)15/h2,5H,1,3-4,6-8H2,(H2,11,12). The molecule has 0 aromatic carbocycles. The van der Waals surface area contributed by atoms with Crippen LogP contribution in [-0.2, 0) is 16.1 Å². The van der Waals surface area contributed by atoms with Crippen LogP contribution in [0.2, 0.25) is 0 Å². The third kappa shape index (κ3) is 2.73. The molecule has 1 aliphatic heterocycles. The van der Waals surface area contributed by atoms with Crippen LogP contribution in [0.3, 0.4) is 0 Å². The molecule has 1 aliphatic rings. The summed E-state index contributed by atoms with van der Waals surface area (Å²) in [5.41, 5.74) is 5.50. The molecule has 0 atom stereocenters. The molecule has 1 aromatic rings. The maximum atomic E-state index is 11.4. The summed E-state index contributed by atoms with van der Waals surface area (Å²) in [5.74, 6) is 0.605. The third-order valence-corrected chi connectivity index (χ3v) is 2.56. The van der Waals surface area contributed by atoms with E-state index < -0.39 is 0 Å². The van der Waals surface area contributed by atoms with Gasteiger partial charge >= 0.3 is 0 Å². The van der Waals surface area contributed by atoms with Gasteiger partial charge in [-0.15, -0.1) is 0 Å². The molecular weight excluding hydrogens is 208 g/mol. The molecule has 0 saturated carbocycles. The van der Waals surface area contributed by atoms with Gasteiger partial charge in [0.2, 0.25) is 5.91 Å². The summed E-state index contributed by atoms with van der Waals surface area (Å²) < 4.78 is 6.85. The molecule has 1 fully saturated rings. The van der Waals surface area contributed by atoms with Crippen LogP contribution in [-0.4, -0.2) is 46.9 Å². The Kier molecular flexibility index (Phi) is 3.40. The van der Waals surface area contributed by atoms with Crippen LogP contribution in [0.5, 0.6) is 0 Å². The molecule has 0 bridgehead atoms. The highest BCUT2D eigenvalue weighted by atomic mass is 16.5. The Morgan fingerprint density at radius 2 is 2.38 bits per heavy atom. The van der Waals surface area contributed by atoms with E-state index in [-0.39, 0.29) is 12.5 Å². The number of carbonyl (C=O) groups is 1. The summed E-state index contributed by atoms with van der Waals surface area (Å²) in [4.78, 5) is 13.2. The molecule has 1 saturated heterocycles. The van der Waals surface area contributed by atoms with Crippen LogP contribution < -0.4 is 5.73 Å². The summed E-state index contributed by atoms with van der Waals surface area (Å²) in [6, 6.07) is 1.76. The Balaban J connectivity index is 1.73. The lowest BCUT2D eigenvalue weighted by molar-refractivity contribution is -0.142. The fraction of sp³-hybridized carbons (Fsp3) is 0.600. The zero-order valence-electron chi connectivity index (χ0n) is 9.13. The first-order chi connectivity index (χ1) is 7.75. The van der Waals surface area contributed by atoms with Gasteiger partial charge < -0.3 is 15.4 Å². The second kappa shape index (κ2) is 4.98. The fourth-order valence-corrected chi connectivity index (χ4v) is 1.71. The zero-order valence-corrected chi connectivity index (χ0v) is 9.13. The van der Waals surface area contributed by atoms with Gasteiger partial charge in [-0.3, -0.25) is 9.48 Å². The van der Waals surface area contributed by atoms with Gasteiger partial charge in [-0.25, -0.2) is 0 Å². The van der Waals surface area contributed by atoms with E-state index in [1.165, 1.54) is 0 Å². The quantitative estimate of drug-likeness (QED) is 0.763. The van der Waals surface area contributed by atoms with Crippen LogP contribution >= 0.6 is 0 Å². The van der Waals surface area contributed by atoms with Crippen molar-refractivity contribution in [2.24, 2.45) is 0 Å². The number of amides is 1. The average molecular weight is 224 g/mol. The molecule has 6 nitrogen and oxygen atoms in total. The molecule has 88 valence electrons. The van der Waals surface area contributed by atoms with Crippen molar-refractivity contribution in [1.82, 2.24) is 14.7 Å². The van der Waals surface area contributed by atoms with Gasteiger partial charge in [-0.2, -0.15) is 5.10 Å². The Hall–Kier alpha value is -1.56. The van der Waals surface area contributed by atoms with Gasteiger partial charge in [0.05, 0.1) is 6.61 Å². The number of ether oxygens (including phenoxy) is 1. The highest BCUT2D eigenvalue weighted by Gasteiger charge is 2.17. The number of nitrogens with zero attached hydrogens (tertiary/aromatic N) is 3. The van der Waals surface area contributed by atoms with Crippen molar-refractivity contribution in [3.8, 4) is 0 Å². The number of aromatic nitrogens is 2. The van der Waals surface area contributed by atoms with Crippen molar-refractivity contribution >= 4 is 11.7 Å². The predicted molar refractivity (Wildman–Crippen MR) is 58.7 cm³/mol. The molecule has 0 spiro atoms. The number of nitrogens with two attached hydrogens (primary N) is 1. The lowest BCUT2D eigenvalue weighted by atomic mass is 10.3. The Labute approximate surface area is 94.0 Å². The maximum absolute atomic E-state index is 11.4. The smallest absolute Gasteiger partial charge is 0.248 e. The molecule has 2 N–H and O–H groups in total. The van der Waals surface area contributed by atoms with Crippen molar-refractivity contribution in [2.75, 3.05) is 32.0 Å². The number of rotatable bonds is 4. The van der Waals surface area contributed by atoms with Gasteiger partial charge in [-0.1, -0.05) is 0 Å². The van der Waals surface area contributed by atoms with E-state index in [1.807, 2.05) is 11.1 Å². The monoisotopic (exact) mass is 224 g/mol. The zero-order chi connectivity index (χ0) is 11.4. The molecule has 2 heterocycles. The first kappa shape index (κ1) is 10.9. The van der Waals surface area contributed by atoms with E-state index in [2.05, 4.69) is 5.10 Å². The minimum absolute atomic E-state index is 0.0752. The van der Waals surface area contributed by atoms with Gasteiger partial charge in [0.25, 0.3) is 0 Å². The number of morpholine rings is 1. The van der Waals surface area contributed by atoms with E-state index >= 15 is 0 Å². The summed E-state index contributed by atoms with van der Waals surface area (Å²) in [5, 5.41) is 4.08.